The minimum absolute atomic E-state index is 0.155. The highest BCUT2D eigenvalue weighted by atomic mass is 32.2. The molecule has 30 heavy (non-hydrogen) atoms. The van der Waals surface area contributed by atoms with Gasteiger partial charge in [-0.25, -0.2) is 4.79 Å². The van der Waals surface area contributed by atoms with E-state index in [1.165, 1.54) is 49.1 Å². The Labute approximate surface area is 186 Å². The molecule has 0 bridgehead atoms. The van der Waals surface area contributed by atoms with Gasteiger partial charge in [-0.05, 0) is 30.9 Å². The molecule has 1 aromatic rings. The third kappa shape index (κ3) is 10.0. The summed E-state index contributed by atoms with van der Waals surface area (Å²) in [4.78, 5) is 24.1. The lowest BCUT2D eigenvalue weighted by atomic mass is 9.96. The quantitative estimate of drug-likeness (QED) is 0.490. The molecule has 0 spiro atoms. The van der Waals surface area contributed by atoms with Crippen LogP contribution in [0.4, 0.5) is 5.69 Å². The number of aliphatic hydroxyl groups is 1. The topological polar surface area (TPSA) is 76.3 Å². The summed E-state index contributed by atoms with van der Waals surface area (Å²) in [6.07, 6.45) is 6.59. The molecule has 1 atom stereocenters. The standard InChI is InChI=1S/C13H21N3O3S.C10H22/c1-5-8-20-10(3)14-11-9(2)16(6-7-17)13(19)15(4)12(11)18;1-5-6-10(4)8-7-9(2)3/h14,17H,3,5-8H2,1-2,4H3;9-10H,5-8H2,1-4H3. The van der Waals surface area contributed by atoms with Crippen molar-refractivity contribution in [3.63, 3.8) is 0 Å². The highest BCUT2D eigenvalue weighted by molar-refractivity contribution is 8.03. The van der Waals surface area contributed by atoms with Crippen molar-refractivity contribution in [2.45, 2.75) is 80.2 Å². The van der Waals surface area contributed by atoms with Gasteiger partial charge in [-0.3, -0.25) is 13.9 Å². The number of thioether (sulfide) groups is 1. The Hall–Kier alpha value is -1.47. The van der Waals surface area contributed by atoms with Crippen LogP contribution < -0.4 is 16.6 Å². The smallest absolute Gasteiger partial charge is 0.331 e. The van der Waals surface area contributed by atoms with Crippen LogP contribution >= 0.6 is 11.8 Å². The first-order chi connectivity index (χ1) is 14.1. The Balaban J connectivity index is 0.000000710. The Kier molecular flexibility index (Phi) is 14.6. The number of hydrogen-bond donors (Lipinski definition) is 2. The average Bonchev–Trinajstić information content (AvgIpc) is 2.70. The largest absolute Gasteiger partial charge is 0.395 e. The van der Waals surface area contributed by atoms with E-state index in [1.54, 1.807) is 6.92 Å². The summed E-state index contributed by atoms with van der Waals surface area (Å²) in [7, 11) is 1.42. The SMILES string of the molecule is C=C(Nc1c(C)n(CCO)c(=O)n(C)c1=O)SCCC.CCCC(C)CCC(C)C. The Morgan fingerprint density at radius 1 is 1.13 bits per heavy atom. The predicted molar refractivity (Wildman–Crippen MR) is 131 cm³/mol. The average molecular weight is 442 g/mol. The maximum atomic E-state index is 12.2. The molecular formula is C23H43N3O3S. The molecule has 1 heterocycles. The maximum absolute atomic E-state index is 12.2. The van der Waals surface area contributed by atoms with E-state index in [9.17, 15) is 9.59 Å². The first-order valence-corrected chi connectivity index (χ1v) is 12.1. The fourth-order valence-corrected chi connectivity index (χ4v) is 3.66. The molecule has 1 aromatic heterocycles. The first-order valence-electron chi connectivity index (χ1n) is 11.1. The second kappa shape index (κ2) is 15.3. The Bertz CT molecular complexity index is 753. The molecule has 0 saturated carbocycles. The zero-order valence-electron chi connectivity index (χ0n) is 20.1. The van der Waals surface area contributed by atoms with Crippen molar-refractivity contribution in [1.29, 1.82) is 0 Å². The summed E-state index contributed by atoms with van der Waals surface area (Å²) in [5, 5.41) is 12.7. The summed E-state index contributed by atoms with van der Waals surface area (Å²) in [6.45, 7) is 16.8. The number of nitrogens with one attached hydrogen (secondary N) is 1. The maximum Gasteiger partial charge on any atom is 0.331 e. The molecule has 0 saturated heterocycles. The third-order valence-electron chi connectivity index (χ3n) is 4.89. The van der Waals surface area contributed by atoms with Gasteiger partial charge in [-0.2, -0.15) is 0 Å². The van der Waals surface area contributed by atoms with Crippen LogP contribution in [-0.2, 0) is 13.6 Å². The molecule has 0 aliphatic heterocycles. The van der Waals surface area contributed by atoms with Crippen molar-refractivity contribution < 1.29 is 5.11 Å². The molecule has 2 N–H and O–H groups in total. The van der Waals surface area contributed by atoms with Crippen LogP contribution in [0, 0.1) is 18.8 Å². The Morgan fingerprint density at radius 3 is 2.27 bits per heavy atom. The highest BCUT2D eigenvalue weighted by Crippen LogP contribution is 2.18. The number of rotatable bonds is 12. The van der Waals surface area contributed by atoms with Crippen LogP contribution in [0.15, 0.2) is 21.2 Å². The molecule has 1 rings (SSSR count). The van der Waals surface area contributed by atoms with Gasteiger partial charge in [0.2, 0.25) is 0 Å². The zero-order chi connectivity index (χ0) is 23.3. The van der Waals surface area contributed by atoms with Crippen molar-refractivity contribution in [2.75, 3.05) is 17.7 Å². The molecule has 0 aliphatic carbocycles. The number of hydrogen-bond acceptors (Lipinski definition) is 5. The van der Waals surface area contributed by atoms with Gasteiger partial charge < -0.3 is 10.4 Å². The van der Waals surface area contributed by atoms with Crippen molar-refractivity contribution in [1.82, 2.24) is 9.13 Å². The summed E-state index contributed by atoms with van der Waals surface area (Å²) in [5.41, 5.74) is 0.0124. The number of aromatic nitrogens is 2. The molecule has 6 nitrogen and oxygen atoms in total. The van der Waals surface area contributed by atoms with Gasteiger partial charge in [0.25, 0.3) is 5.56 Å². The van der Waals surface area contributed by atoms with Crippen LogP contribution in [0.1, 0.15) is 72.4 Å². The molecule has 0 aliphatic rings. The van der Waals surface area contributed by atoms with Crippen molar-refractivity contribution >= 4 is 17.4 Å². The van der Waals surface area contributed by atoms with Gasteiger partial charge in [-0.15, -0.1) is 11.8 Å². The summed E-state index contributed by atoms with van der Waals surface area (Å²) in [5.74, 6) is 2.74. The van der Waals surface area contributed by atoms with E-state index >= 15 is 0 Å². The summed E-state index contributed by atoms with van der Waals surface area (Å²) >= 11 is 1.53. The molecule has 0 fully saturated rings. The van der Waals surface area contributed by atoms with Crippen molar-refractivity contribution in [3.8, 4) is 0 Å². The van der Waals surface area contributed by atoms with Crippen molar-refractivity contribution in [3.05, 3.63) is 38.1 Å². The lowest BCUT2D eigenvalue weighted by molar-refractivity contribution is 0.270. The normalized spacial score (nSPS) is 11.8. The van der Waals surface area contributed by atoms with Gasteiger partial charge in [0.1, 0.15) is 5.69 Å². The van der Waals surface area contributed by atoms with Crippen LogP contribution in [0.2, 0.25) is 0 Å². The molecule has 7 heteroatoms. The lowest BCUT2D eigenvalue weighted by Crippen LogP contribution is -2.41. The van der Waals surface area contributed by atoms with Crippen LogP contribution in [0.25, 0.3) is 0 Å². The van der Waals surface area contributed by atoms with E-state index in [0.29, 0.717) is 16.4 Å². The second-order valence-corrected chi connectivity index (χ2v) is 9.43. The number of aliphatic hydroxyl groups excluding tert-OH is 1. The minimum atomic E-state index is -0.432. The van der Waals surface area contributed by atoms with Crippen LogP contribution in [0.5, 0.6) is 0 Å². The van der Waals surface area contributed by atoms with E-state index < -0.39 is 5.69 Å². The van der Waals surface area contributed by atoms with E-state index in [1.807, 2.05) is 0 Å². The van der Waals surface area contributed by atoms with E-state index in [0.717, 1.165) is 28.6 Å². The molecule has 0 radical (unpaired) electrons. The number of anilines is 1. The fraction of sp³-hybridized carbons (Fsp3) is 0.739. The minimum Gasteiger partial charge on any atom is -0.395 e. The Morgan fingerprint density at radius 2 is 1.77 bits per heavy atom. The lowest BCUT2D eigenvalue weighted by Gasteiger charge is -2.16. The van der Waals surface area contributed by atoms with Crippen molar-refractivity contribution in [2.24, 2.45) is 18.9 Å². The summed E-state index contributed by atoms with van der Waals surface area (Å²) < 4.78 is 2.41. The molecule has 0 amide bonds. The molecule has 0 aromatic carbocycles. The van der Waals surface area contributed by atoms with E-state index in [2.05, 4.69) is 46.5 Å². The third-order valence-corrected chi connectivity index (χ3v) is 5.95. The van der Waals surface area contributed by atoms with Crippen LogP contribution in [-0.4, -0.2) is 26.6 Å². The highest BCUT2D eigenvalue weighted by Gasteiger charge is 2.14. The van der Waals surface area contributed by atoms with E-state index in [4.69, 9.17) is 5.11 Å². The molecular weight excluding hydrogens is 398 g/mol. The van der Waals surface area contributed by atoms with Gasteiger partial charge in [-0.1, -0.05) is 66.9 Å². The summed E-state index contributed by atoms with van der Waals surface area (Å²) in [6, 6.07) is 0. The molecule has 1 unspecified atom stereocenters. The van der Waals surface area contributed by atoms with Gasteiger partial charge >= 0.3 is 5.69 Å². The van der Waals surface area contributed by atoms with E-state index in [-0.39, 0.29) is 18.7 Å². The second-order valence-electron chi connectivity index (χ2n) is 8.24. The first kappa shape index (κ1) is 28.5. The fourth-order valence-electron chi connectivity index (χ4n) is 3.03. The molecule has 174 valence electrons. The monoisotopic (exact) mass is 441 g/mol. The predicted octanol–water partition coefficient (Wildman–Crippen LogP) is 4.73. The zero-order valence-corrected chi connectivity index (χ0v) is 20.9. The van der Waals surface area contributed by atoms with Gasteiger partial charge in [0.15, 0.2) is 0 Å². The number of nitrogens with zero attached hydrogens (tertiary/aromatic N) is 2. The van der Waals surface area contributed by atoms with Crippen LogP contribution in [0.3, 0.4) is 0 Å². The van der Waals surface area contributed by atoms with Gasteiger partial charge in [0, 0.05) is 12.7 Å². The van der Waals surface area contributed by atoms with Gasteiger partial charge in [0.05, 0.1) is 18.2 Å².